The van der Waals surface area contributed by atoms with E-state index in [4.69, 9.17) is 27.3 Å². The maximum atomic E-state index is 8.83. The van der Waals surface area contributed by atoms with Gasteiger partial charge in [-0.2, -0.15) is 0 Å². The molecule has 0 bridgehead atoms. The van der Waals surface area contributed by atoms with E-state index in [-0.39, 0.29) is 11.9 Å². The lowest BCUT2D eigenvalue weighted by Gasteiger charge is -2.23. The molecule has 0 unspecified atom stereocenters. The van der Waals surface area contributed by atoms with Crippen molar-refractivity contribution in [3.05, 3.63) is 28.8 Å². The number of likely N-dealkylation sites (N-methyl/N-ethyl adjacent to an activating group) is 1. The Bertz CT molecular complexity index is 450. The summed E-state index contributed by atoms with van der Waals surface area (Å²) in [5, 5.41) is 12.3. The van der Waals surface area contributed by atoms with Crippen LogP contribution in [0.4, 0.5) is 5.69 Å². The smallest absolute Gasteiger partial charge is 0.173 e. The Kier molecular flexibility index (Phi) is 5.92. The number of benzene rings is 1. The number of hydrogen-bond acceptors (Lipinski definition) is 4. The minimum Gasteiger partial charge on any atom is -0.409 e. The highest BCUT2D eigenvalue weighted by Crippen LogP contribution is 2.26. The summed E-state index contributed by atoms with van der Waals surface area (Å²) in [5.74, 6) is -0.00257. The molecule has 1 aromatic carbocycles. The van der Waals surface area contributed by atoms with Crippen molar-refractivity contribution in [1.29, 1.82) is 0 Å². The second-order valence-electron chi connectivity index (χ2n) is 4.46. The third kappa shape index (κ3) is 4.29. The molecule has 0 radical (unpaired) electrons. The topological polar surface area (TPSA) is 71.1 Å². The molecule has 0 amide bonds. The number of amidine groups is 1. The van der Waals surface area contributed by atoms with Crippen LogP contribution in [0, 0.1) is 0 Å². The molecule has 0 heterocycles. The number of rotatable bonds is 6. The van der Waals surface area contributed by atoms with E-state index in [0.717, 1.165) is 5.69 Å². The molecule has 0 saturated heterocycles. The van der Waals surface area contributed by atoms with E-state index >= 15 is 0 Å². The minimum absolute atomic E-state index is 0.00257. The molecule has 1 aromatic rings. The molecule has 0 aromatic heterocycles. The molecule has 19 heavy (non-hydrogen) atoms. The van der Waals surface area contributed by atoms with Crippen LogP contribution in [0.2, 0.25) is 5.02 Å². The van der Waals surface area contributed by atoms with Gasteiger partial charge in [-0.3, -0.25) is 0 Å². The van der Waals surface area contributed by atoms with Crippen LogP contribution < -0.4 is 10.6 Å². The van der Waals surface area contributed by atoms with Crippen LogP contribution in [0.15, 0.2) is 23.4 Å². The zero-order chi connectivity index (χ0) is 14.4. The molecule has 6 heteroatoms. The van der Waals surface area contributed by atoms with Gasteiger partial charge in [-0.05, 0) is 26.0 Å². The van der Waals surface area contributed by atoms with Gasteiger partial charge in [0.2, 0.25) is 0 Å². The number of nitrogens with zero attached hydrogens (tertiary/aromatic N) is 2. The second kappa shape index (κ2) is 7.21. The number of anilines is 1. The summed E-state index contributed by atoms with van der Waals surface area (Å²) in [7, 11) is 1.91. The first-order valence-electron chi connectivity index (χ1n) is 6.06. The number of ether oxygens (including phenoxy) is 1. The van der Waals surface area contributed by atoms with Crippen molar-refractivity contribution in [1.82, 2.24) is 0 Å². The van der Waals surface area contributed by atoms with E-state index in [0.29, 0.717) is 23.7 Å². The molecule has 0 atom stereocenters. The molecule has 1 rings (SSSR count). The monoisotopic (exact) mass is 285 g/mol. The molecule has 0 aliphatic rings. The van der Waals surface area contributed by atoms with Crippen molar-refractivity contribution in [3.63, 3.8) is 0 Å². The number of oxime groups is 1. The van der Waals surface area contributed by atoms with Gasteiger partial charge in [0.1, 0.15) is 0 Å². The van der Waals surface area contributed by atoms with Crippen molar-refractivity contribution >= 4 is 23.1 Å². The fourth-order valence-electron chi connectivity index (χ4n) is 1.68. The lowest BCUT2D eigenvalue weighted by Crippen LogP contribution is -2.27. The summed E-state index contributed by atoms with van der Waals surface area (Å²) in [6, 6.07) is 5.40. The van der Waals surface area contributed by atoms with Gasteiger partial charge in [0.05, 0.1) is 23.3 Å². The van der Waals surface area contributed by atoms with E-state index in [2.05, 4.69) is 5.16 Å². The van der Waals surface area contributed by atoms with Crippen LogP contribution in [0.25, 0.3) is 0 Å². The molecule has 106 valence electrons. The number of nitrogens with two attached hydrogens (primary N) is 1. The number of hydrogen-bond donors (Lipinski definition) is 2. The average Bonchev–Trinajstić information content (AvgIpc) is 2.37. The summed E-state index contributed by atoms with van der Waals surface area (Å²) in [4.78, 5) is 1.96. The number of halogens is 1. The Balaban J connectivity index is 2.90. The van der Waals surface area contributed by atoms with Gasteiger partial charge in [0.15, 0.2) is 5.84 Å². The van der Waals surface area contributed by atoms with Crippen molar-refractivity contribution in [2.45, 2.75) is 20.0 Å². The van der Waals surface area contributed by atoms with Crippen LogP contribution in [0.5, 0.6) is 0 Å². The third-order valence-electron chi connectivity index (χ3n) is 2.64. The highest BCUT2D eigenvalue weighted by molar-refractivity contribution is 6.34. The molecular formula is C13H20ClN3O2. The first-order valence-corrected chi connectivity index (χ1v) is 6.44. The van der Waals surface area contributed by atoms with Crippen LogP contribution in [-0.2, 0) is 4.74 Å². The molecule has 3 N–H and O–H groups in total. The van der Waals surface area contributed by atoms with Crippen LogP contribution in [0.3, 0.4) is 0 Å². The Hall–Kier alpha value is -1.46. The molecule has 0 fully saturated rings. The molecular weight excluding hydrogens is 266 g/mol. The predicted octanol–water partition coefficient (Wildman–Crippen LogP) is 2.30. The van der Waals surface area contributed by atoms with Crippen molar-refractivity contribution < 1.29 is 9.94 Å². The Morgan fingerprint density at radius 1 is 1.53 bits per heavy atom. The normalized spacial score (nSPS) is 11.9. The summed E-state index contributed by atoms with van der Waals surface area (Å²) < 4.78 is 5.51. The highest BCUT2D eigenvalue weighted by Gasteiger charge is 2.14. The van der Waals surface area contributed by atoms with Gasteiger partial charge < -0.3 is 20.6 Å². The van der Waals surface area contributed by atoms with E-state index in [1.807, 2.05) is 37.9 Å². The molecule has 5 nitrogen and oxygen atoms in total. The van der Waals surface area contributed by atoms with Gasteiger partial charge in [-0.25, -0.2) is 0 Å². The molecule has 0 spiro atoms. The first kappa shape index (κ1) is 15.6. The molecule has 0 aliphatic carbocycles. The van der Waals surface area contributed by atoms with Crippen LogP contribution >= 0.6 is 11.6 Å². The Morgan fingerprint density at radius 3 is 2.79 bits per heavy atom. The fourth-order valence-corrected chi connectivity index (χ4v) is 1.95. The lowest BCUT2D eigenvalue weighted by atomic mass is 10.1. The van der Waals surface area contributed by atoms with Gasteiger partial charge in [0.25, 0.3) is 0 Å². The van der Waals surface area contributed by atoms with E-state index in [9.17, 15) is 0 Å². The van der Waals surface area contributed by atoms with E-state index in [1.165, 1.54) is 0 Å². The summed E-state index contributed by atoms with van der Waals surface area (Å²) in [6.45, 7) is 5.25. The van der Waals surface area contributed by atoms with Crippen LogP contribution in [0.1, 0.15) is 19.4 Å². The third-order valence-corrected chi connectivity index (χ3v) is 2.96. The molecule has 0 aliphatic heterocycles. The summed E-state index contributed by atoms with van der Waals surface area (Å²) in [6.07, 6.45) is 0.191. The van der Waals surface area contributed by atoms with Gasteiger partial charge in [-0.1, -0.05) is 22.8 Å². The molecule has 0 saturated carbocycles. The Labute approximate surface area is 118 Å². The zero-order valence-electron chi connectivity index (χ0n) is 11.4. The second-order valence-corrected chi connectivity index (χ2v) is 4.87. The Morgan fingerprint density at radius 2 is 2.21 bits per heavy atom. The zero-order valence-corrected chi connectivity index (χ0v) is 12.2. The van der Waals surface area contributed by atoms with Crippen molar-refractivity contribution in [3.8, 4) is 0 Å². The van der Waals surface area contributed by atoms with Gasteiger partial charge in [-0.15, -0.1) is 0 Å². The highest BCUT2D eigenvalue weighted by atomic mass is 35.5. The minimum atomic E-state index is -0.00257. The SMILES string of the molecule is CC(C)OCCN(C)c1cccc(Cl)c1/C(N)=N/O. The predicted molar refractivity (Wildman–Crippen MR) is 78.3 cm³/mol. The average molecular weight is 286 g/mol. The maximum Gasteiger partial charge on any atom is 0.173 e. The maximum absolute atomic E-state index is 8.83. The van der Waals surface area contributed by atoms with Gasteiger partial charge in [0, 0.05) is 19.3 Å². The van der Waals surface area contributed by atoms with Crippen LogP contribution in [-0.4, -0.2) is 37.3 Å². The standard InChI is InChI=1S/C13H20ClN3O2/c1-9(2)19-8-7-17(3)11-6-4-5-10(14)12(11)13(15)16-18/h4-6,9,18H,7-8H2,1-3H3,(H2,15,16). The summed E-state index contributed by atoms with van der Waals surface area (Å²) in [5.41, 5.74) is 7.00. The van der Waals surface area contributed by atoms with E-state index in [1.54, 1.807) is 6.07 Å². The first-order chi connectivity index (χ1) is 8.97. The quantitative estimate of drug-likeness (QED) is 0.364. The van der Waals surface area contributed by atoms with Crippen molar-refractivity contribution in [2.75, 3.05) is 25.1 Å². The fraction of sp³-hybridized carbons (Fsp3) is 0.462. The largest absolute Gasteiger partial charge is 0.409 e. The summed E-state index contributed by atoms with van der Waals surface area (Å²) >= 11 is 6.10. The van der Waals surface area contributed by atoms with Gasteiger partial charge >= 0.3 is 0 Å². The van der Waals surface area contributed by atoms with E-state index < -0.39 is 0 Å². The van der Waals surface area contributed by atoms with Crippen molar-refractivity contribution in [2.24, 2.45) is 10.9 Å². The lowest BCUT2D eigenvalue weighted by molar-refractivity contribution is 0.0846.